The van der Waals surface area contributed by atoms with Crippen LogP contribution in [0, 0.1) is 0 Å². The number of carbonyl (C=O) groups is 1. The van der Waals surface area contributed by atoms with Crippen LogP contribution in [0.2, 0.25) is 0 Å². The van der Waals surface area contributed by atoms with Crippen LogP contribution in [0.1, 0.15) is 26.7 Å². The second kappa shape index (κ2) is 5.32. The summed E-state index contributed by atoms with van der Waals surface area (Å²) in [5.74, 6) is 0.169. The fourth-order valence-electron chi connectivity index (χ4n) is 2.09. The minimum Gasteiger partial charge on any atom is -0.353 e. The lowest BCUT2D eigenvalue weighted by Crippen LogP contribution is -2.57. The Hall–Kier alpha value is -0.610. The van der Waals surface area contributed by atoms with Crippen molar-refractivity contribution in [2.75, 3.05) is 19.6 Å². The second-order valence-corrected chi connectivity index (χ2v) is 3.88. The molecule has 2 atom stereocenters. The monoisotopic (exact) mass is 199 g/mol. The van der Waals surface area contributed by atoms with Gasteiger partial charge in [0.25, 0.3) is 0 Å². The van der Waals surface area contributed by atoms with E-state index in [4.69, 9.17) is 5.73 Å². The second-order valence-electron chi connectivity index (χ2n) is 3.88. The first-order valence-electron chi connectivity index (χ1n) is 5.44. The number of amides is 1. The van der Waals surface area contributed by atoms with Gasteiger partial charge in [-0.1, -0.05) is 6.92 Å². The molecular formula is C10H21N3O. The van der Waals surface area contributed by atoms with E-state index in [1.807, 2.05) is 0 Å². The molecule has 1 heterocycles. The molecule has 2 unspecified atom stereocenters. The molecule has 1 aliphatic rings. The Morgan fingerprint density at radius 3 is 3.00 bits per heavy atom. The first-order valence-corrected chi connectivity index (χ1v) is 5.44. The number of nitrogens with two attached hydrogens (primary N) is 1. The van der Waals surface area contributed by atoms with Crippen molar-refractivity contribution in [3.05, 3.63) is 0 Å². The van der Waals surface area contributed by atoms with Gasteiger partial charge < -0.3 is 11.1 Å². The zero-order valence-corrected chi connectivity index (χ0v) is 9.12. The molecule has 0 spiro atoms. The van der Waals surface area contributed by atoms with Gasteiger partial charge in [-0.3, -0.25) is 9.69 Å². The van der Waals surface area contributed by atoms with Gasteiger partial charge in [0.1, 0.15) is 0 Å². The number of rotatable bonds is 4. The topological polar surface area (TPSA) is 58.4 Å². The number of carbonyl (C=O) groups excluding carboxylic acids is 1. The summed E-state index contributed by atoms with van der Waals surface area (Å²) in [5.41, 5.74) is 5.53. The maximum atomic E-state index is 11.6. The summed E-state index contributed by atoms with van der Waals surface area (Å²) in [4.78, 5) is 13.8. The smallest absolute Gasteiger partial charge is 0.237 e. The molecule has 0 aromatic heterocycles. The van der Waals surface area contributed by atoms with Crippen LogP contribution in [0.15, 0.2) is 0 Å². The number of nitrogens with zero attached hydrogens (tertiary/aromatic N) is 1. The summed E-state index contributed by atoms with van der Waals surface area (Å²) >= 11 is 0. The number of nitrogens with one attached hydrogen (secondary N) is 1. The molecule has 0 aromatic carbocycles. The van der Waals surface area contributed by atoms with E-state index in [9.17, 15) is 4.79 Å². The van der Waals surface area contributed by atoms with Gasteiger partial charge in [-0.25, -0.2) is 0 Å². The molecule has 4 nitrogen and oxygen atoms in total. The molecule has 0 radical (unpaired) electrons. The highest BCUT2D eigenvalue weighted by atomic mass is 16.2. The average molecular weight is 199 g/mol. The quantitative estimate of drug-likeness (QED) is 0.666. The van der Waals surface area contributed by atoms with Crippen LogP contribution in [0.4, 0.5) is 0 Å². The summed E-state index contributed by atoms with van der Waals surface area (Å²) in [5, 5.41) is 2.90. The zero-order chi connectivity index (χ0) is 10.6. The van der Waals surface area contributed by atoms with Crippen molar-refractivity contribution in [3.63, 3.8) is 0 Å². The molecule has 4 heteroatoms. The van der Waals surface area contributed by atoms with E-state index in [1.165, 1.54) is 0 Å². The highest BCUT2D eigenvalue weighted by Gasteiger charge is 2.30. The first kappa shape index (κ1) is 11.5. The summed E-state index contributed by atoms with van der Waals surface area (Å²) in [7, 11) is 0. The van der Waals surface area contributed by atoms with E-state index in [0.717, 1.165) is 25.9 Å². The van der Waals surface area contributed by atoms with Gasteiger partial charge in [0, 0.05) is 19.1 Å². The van der Waals surface area contributed by atoms with Crippen molar-refractivity contribution in [1.29, 1.82) is 0 Å². The summed E-state index contributed by atoms with van der Waals surface area (Å²) in [6.07, 6.45) is 1.84. The Morgan fingerprint density at radius 2 is 2.43 bits per heavy atom. The molecule has 82 valence electrons. The van der Waals surface area contributed by atoms with Crippen LogP contribution in [-0.2, 0) is 4.79 Å². The molecule has 0 saturated carbocycles. The third kappa shape index (κ3) is 2.45. The Labute approximate surface area is 85.8 Å². The van der Waals surface area contributed by atoms with Gasteiger partial charge >= 0.3 is 0 Å². The molecule has 0 aromatic rings. The van der Waals surface area contributed by atoms with Crippen molar-refractivity contribution < 1.29 is 4.79 Å². The maximum Gasteiger partial charge on any atom is 0.237 e. The minimum absolute atomic E-state index is 0.0466. The summed E-state index contributed by atoms with van der Waals surface area (Å²) in [6.45, 7) is 6.61. The number of hydrogen-bond acceptors (Lipinski definition) is 3. The third-order valence-corrected chi connectivity index (χ3v) is 2.91. The van der Waals surface area contributed by atoms with Gasteiger partial charge in [0.15, 0.2) is 0 Å². The third-order valence-electron chi connectivity index (χ3n) is 2.91. The minimum atomic E-state index is 0.0466. The highest BCUT2D eigenvalue weighted by Crippen LogP contribution is 2.13. The first-order chi connectivity index (χ1) is 6.70. The van der Waals surface area contributed by atoms with Gasteiger partial charge in [-0.2, -0.15) is 0 Å². The maximum absolute atomic E-state index is 11.6. The van der Waals surface area contributed by atoms with E-state index in [-0.39, 0.29) is 11.9 Å². The van der Waals surface area contributed by atoms with Gasteiger partial charge in [-0.05, 0) is 26.3 Å². The van der Waals surface area contributed by atoms with Crippen molar-refractivity contribution in [3.8, 4) is 0 Å². The Morgan fingerprint density at radius 1 is 1.71 bits per heavy atom. The van der Waals surface area contributed by atoms with Crippen LogP contribution in [0.3, 0.4) is 0 Å². The van der Waals surface area contributed by atoms with Crippen molar-refractivity contribution in [2.24, 2.45) is 5.73 Å². The van der Waals surface area contributed by atoms with Crippen molar-refractivity contribution in [1.82, 2.24) is 10.2 Å². The lowest BCUT2D eigenvalue weighted by atomic mass is 10.1. The van der Waals surface area contributed by atoms with Gasteiger partial charge in [0.05, 0.1) is 6.04 Å². The van der Waals surface area contributed by atoms with Gasteiger partial charge in [0.2, 0.25) is 5.91 Å². The molecule has 0 aliphatic carbocycles. The fourth-order valence-corrected chi connectivity index (χ4v) is 2.09. The largest absolute Gasteiger partial charge is 0.353 e. The molecule has 1 amide bonds. The van der Waals surface area contributed by atoms with E-state index >= 15 is 0 Å². The average Bonchev–Trinajstić information content (AvgIpc) is 2.17. The molecule has 0 bridgehead atoms. The normalized spacial score (nSPS) is 25.9. The Bertz CT molecular complexity index is 196. The van der Waals surface area contributed by atoms with Crippen LogP contribution in [0.5, 0.6) is 0 Å². The number of hydrogen-bond donors (Lipinski definition) is 2. The van der Waals surface area contributed by atoms with Crippen LogP contribution >= 0.6 is 0 Å². The molecular weight excluding hydrogens is 178 g/mol. The van der Waals surface area contributed by atoms with Crippen molar-refractivity contribution in [2.45, 2.75) is 38.8 Å². The molecule has 14 heavy (non-hydrogen) atoms. The molecule has 3 N–H and O–H groups in total. The Balaban J connectivity index is 2.59. The lowest BCUT2D eigenvalue weighted by molar-refractivity contribution is -0.130. The fraction of sp³-hybridized carbons (Fsp3) is 0.900. The number of piperazine rings is 1. The van der Waals surface area contributed by atoms with E-state index in [1.54, 1.807) is 0 Å². The SMILES string of the molecule is CCC1C(=O)NCCN1C(C)CCN. The van der Waals surface area contributed by atoms with Gasteiger partial charge in [-0.15, -0.1) is 0 Å². The van der Waals surface area contributed by atoms with E-state index in [2.05, 4.69) is 24.1 Å². The highest BCUT2D eigenvalue weighted by molar-refractivity contribution is 5.82. The predicted octanol–water partition coefficient (Wildman–Crippen LogP) is -0.0659. The van der Waals surface area contributed by atoms with Crippen LogP contribution in [-0.4, -0.2) is 42.5 Å². The predicted molar refractivity (Wildman–Crippen MR) is 56.9 cm³/mol. The molecule has 1 fully saturated rings. The summed E-state index contributed by atoms with van der Waals surface area (Å²) in [6, 6.07) is 0.460. The van der Waals surface area contributed by atoms with Crippen LogP contribution < -0.4 is 11.1 Å². The van der Waals surface area contributed by atoms with E-state index in [0.29, 0.717) is 12.6 Å². The molecule has 1 saturated heterocycles. The standard InChI is InChI=1S/C10H21N3O/c1-3-9-10(14)12-6-7-13(9)8(2)4-5-11/h8-9H,3-7,11H2,1-2H3,(H,12,14). The Kier molecular flexibility index (Phi) is 4.35. The van der Waals surface area contributed by atoms with Crippen molar-refractivity contribution >= 4 is 5.91 Å². The van der Waals surface area contributed by atoms with Crippen LogP contribution in [0.25, 0.3) is 0 Å². The lowest BCUT2D eigenvalue weighted by Gasteiger charge is -2.38. The summed E-state index contributed by atoms with van der Waals surface area (Å²) < 4.78 is 0. The molecule has 1 rings (SSSR count). The zero-order valence-electron chi connectivity index (χ0n) is 9.12. The molecule has 1 aliphatic heterocycles. The van der Waals surface area contributed by atoms with E-state index < -0.39 is 0 Å².